The summed E-state index contributed by atoms with van der Waals surface area (Å²) < 4.78 is 0. The van der Waals surface area contributed by atoms with E-state index in [4.69, 9.17) is 0 Å². The highest BCUT2D eigenvalue weighted by molar-refractivity contribution is 5.52. The third kappa shape index (κ3) is 2.25. The van der Waals surface area contributed by atoms with Crippen molar-refractivity contribution in [3.63, 3.8) is 0 Å². The predicted molar refractivity (Wildman–Crippen MR) is 60.3 cm³/mol. The number of phenolic OH excluding ortho intramolecular Hbond substituents is 1. The number of hydrogen-bond donors (Lipinski definition) is 2. The van der Waals surface area contributed by atoms with Gasteiger partial charge in [0.15, 0.2) is 5.82 Å². The van der Waals surface area contributed by atoms with Crippen molar-refractivity contribution in [2.24, 2.45) is 10.2 Å². The van der Waals surface area contributed by atoms with Gasteiger partial charge in [0.05, 0.1) is 0 Å². The van der Waals surface area contributed by atoms with E-state index in [2.05, 4.69) is 20.4 Å². The summed E-state index contributed by atoms with van der Waals surface area (Å²) >= 11 is 0. The smallest absolute Gasteiger partial charge is 0.195 e. The van der Waals surface area contributed by atoms with E-state index >= 15 is 0 Å². The molecule has 16 heavy (non-hydrogen) atoms. The monoisotopic (exact) mass is 216 g/mol. The molecule has 1 heterocycles. The van der Waals surface area contributed by atoms with Crippen molar-refractivity contribution in [3.8, 4) is 5.75 Å². The van der Waals surface area contributed by atoms with E-state index < -0.39 is 0 Å². The molecule has 0 bridgehead atoms. The molecule has 0 radical (unpaired) electrons. The van der Waals surface area contributed by atoms with Gasteiger partial charge in [-0.3, -0.25) is 5.10 Å². The lowest BCUT2D eigenvalue weighted by atomic mass is 10.2. The SMILES string of the molecule is Cc1ccc(O)c(N=Nc2cc(C)[nH]n2)c1. The number of H-pyrrole nitrogens is 1. The molecule has 0 amide bonds. The van der Waals surface area contributed by atoms with Crippen LogP contribution >= 0.6 is 0 Å². The van der Waals surface area contributed by atoms with Crippen LogP contribution in [0.4, 0.5) is 11.5 Å². The van der Waals surface area contributed by atoms with E-state index in [1.807, 2.05) is 19.9 Å². The third-order valence-corrected chi connectivity index (χ3v) is 2.08. The maximum atomic E-state index is 9.54. The van der Waals surface area contributed by atoms with Crippen LogP contribution in [0.25, 0.3) is 0 Å². The van der Waals surface area contributed by atoms with Crippen LogP contribution < -0.4 is 0 Å². The summed E-state index contributed by atoms with van der Waals surface area (Å²) in [7, 11) is 0. The Morgan fingerprint density at radius 1 is 1.19 bits per heavy atom. The van der Waals surface area contributed by atoms with E-state index in [1.165, 1.54) is 0 Å². The van der Waals surface area contributed by atoms with Crippen LogP contribution in [0.1, 0.15) is 11.3 Å². The van der Waals surface area contributed by atoms with E-state index in [0.717, 1.165) is 11.3 Å². The molecule has 0 spiro atoms. The molecule has 0 aliphatic carbocycles. The minimum absolute atomic E-state index is 0.113. The molecule has 1 aromatic carbocycles. The largest absolute Gasteiger partial charge is 0.506 e. The second kappa shape index (κ2) is 4.14. The van der Waals surface area contributed by atoms with Gasteiger partial charge in [0, 0.05) is 11.8 Å². The van der Waals surface area contributed by atoms with Crippen molar-refractivity contribution in [1.82, 2.24) is 10.2 Å². The Morgan fingerprint density at radius 3 is 2.69 bits per heavy atom. The van der Waals surface area contributed by atoms with Gasteiger partial charge in [0.2, 0.25) is 0 Å². The number of hydrogen-bond acceptors (Lipinski definition) is 4. The summed E-state index contributed by atoms with van der Waals surface area (Å²) in [6, 6.07) is 6.95. The molecular weight excluding hydrogens is 204 g/mol. The first-order valence-corrected chi connectivity index (χ1v) is 4.88. The van der Waals surface area contributed by atoms with Gasteiger partial charge in [-0.25, -0.2) is 0 Å². The van der Waals surface area contributed by atoms with Gasteiger partial charge in [-0.05, 0) is 31.5 Å². The molecule has 0 unspecified atom stereocenters. The van der Waals surface area contributed by atoms with Crippen LogP contribution in [0.15, 0.2) is 34.5 Å². The summed E-state index contributed by atoms with van der Waals surface area (Å²) in [4.78, 5) is 0. The van der Waals surface area contributed by atoms with Crippen LogP contribution in [0.5, 0.6) is 5.75 Å². The fourth-order valence-corrected chi connectivity index (χ4v) is 1.27. The van der Waals surface area contributed by atoms with Crippen molar-refractivity contribution in [2.45, 2.75) is 13.8 Å². The Bertz CT molecular complexity index is 531. The van der Waals surface area contributed by atoms with E-state index in [9.17, 15) is 5.11 Å². The van der Waals surface area contributed by atoms with Crippen molar-refractivity contribution in [2.75, 3.05) is 0 Å². The molecule has 2 rings (SSSR count). The molecule has 0 aliphatic rings. The molecule has 0 atom stereocenters. The van der Waals surface area contributed by atoms with E-state index in [-0.39, 0.29) is 5.75 Å². The number of benzene rings is 1. The standard InChI is InChI=1S/C11H12N4O/c1-7-3-4-10(16)9(5-7)13-15-11-6-8(2)12-14-11/h3-6,16H,1-2H3,(H,12,14). The molecule has 0 saturated carbocycles. The highest BCUT2D eigenvalue weighted by Gasteiger charge is 2.00. The van der Waals surface area contributed by atoms with Gasteiger partial charge in [-0.2, -0.15) is 5.10 Å². The average Bonchev–Trinajstić information content (AvgIpc) is 2.66. The lowest BCUT2D eigenvalue weighted by Crippen LogP contribution is -1.72. The van der Waals surface area contributed by atoms with Crippen molar-refractivity contribution < 1.29 is 5.11 Å². The number of phenols is 1. The minimum Gasteiger partial charge on any atom is -0.506 e. The van der Waals surface area contributed by atoms with Crippen LogP contribution in [-0.4, -0.2) is 15.3 Å². The van der Waals surface area contributed by atoms with Gasteiger partial charge in [-0.1, -0.05) is 6.07 Å². The van der Waals surface area contributed by atoms with Gasteiger partial charge < -0.3 is 5.11 Å². The van der Waals surface area contributed by atoms with Crippen LogP contribution in [0, 0.1) is 13.8 Å². The predicted octanol–water partition coefficient (Wildman–Crippen LogP) is 3.15. The average molecular weight is 216 g/mol. The van der Waals surface area contributed by atoms with E-state index in [1.54, 1.807) is 18.2 Å². The maximum Gasteiger partial charge on any atom is 0.195 e. The first kappa shape index (κ1) is 10.4. The third-order valence-electron chi connectivity index (χ3n) is 2.08. The Morgan fingerprint density at radius 2 is 2.00 bits per heavy atom. The molecule has 0 fully saturated rings. The quantitative estimate of drug-likeness (QED) is 0.757. The van der Waals surface area contributed by atoms with Crippen LogP contribution in [0.3, 0.4) is 0 Å². The second-order valence-corrected chi connectivity index (χ2v) is 3.60. The maximum absolute atomic E-state index is 9.54. The summed E-state index contributed by atoms with van der Waals surface area (Å²) in [6.07, 6.45) is 0. The number of azo groups is 1. The number of aromatic hydroxyl groups is 1. The van der Waals surface area contributed by atoms with Gasteiger partial charge >= 0.3 is 0 Å². The number of aromatic amines is 1. The van der Waals surface area contributed by atoms with Crippen molar-refractivity contribution >= 4 is 11.5 Å². The number of aryl methyl sites for hydroxylation is 2. The molecule has 82 valence electrons. The second-order valence-electron chi connectivity index (χ2n) is 3.60. The fourth-order valence-electron chi connectivity index (χ4n) is 1.27. The molecule has 1 aromatic heterocycles. The lowest BCUT2D eigenvalue weighted by molar-refractivity contribution is 0.476. The number of aromatic nitrogens is 2. The van der Waals surface area contributed by atoms with Gasteiger partial charge in [0.1, 0.15) is 11.4 Å². The zero-order valence-corrected chi connectivity index (χ0v) is 9.10. The molecule has 2 N–H and O–H groups in total. The fraction of sp³-hybridized carbons (Fsp3) is 0.182. The van der Waals surface area contributed by atoms with Gasteiger partial charge in [-0.15, -0.1) is 10.2 Å². The molecule has 0 saturated heterocycles. The van der Waals surface area contributed by atoms with Crippen molar-refractivity contribution in [1.29, 1.82) is 0 Å². The molecule has 5 heteroatoms. The first-order chi connectivity index (χ1) is 7.65. The summed E-state index contributed by atoms with van der Waals surface area (Å²) in [6.45, 7) is 3.81. The van der Waals surface area contributed by atoms with Crippen LogP contribution in [0.2, 0.25) is 0 Å². The lowest BCUT2D eigenvalue weighted by Gasteiger charge is -1.97. The first-order valence-electron chi connectivity index (χ1n) is 4.88. The molecular formula is C11H12N4O. The highest BCUT2D eigenvalue weighted by Crippen LogP contribution is 2.28. The van der Waals surface area contributed by atoms with E-state index in [0.29, 0.717) is 11.5 Å². The number of rotatable bonds is 2. The summed E-state index contributed by atoms with van der Waals surface area (Å²) in [5.41, 5.74) is 2.38. The Hall–Kier alpha value is -2.17. The zero-order chi connectivity index (χ0) is 11.5. The normalized spacial score (nSPS) is 11.1. The molecule has 5 nitrogen and oxygen atoms in total. The highest BCUT2D eigenvalue weighted by atomic mass is 16.3. The number of nitrogens with zero attached hydrogens (tertiary/aromatic N) is 3. The summed E-state index contributed by atoms with van der Waals surface area (Å²) in [5.74, 6) is 0.611. The Labute approximate surface area is 92.9 Å². The zero-order valence-electron chi connectivity index (χ0n) is 9.10. The Kier molecular flexibility index (Phi) is 2.68. The summed E-state index contributed by atoms with van der Waals surface area (Å²) in [5, 5.41) is 24.1. The topological polar surface area (TPSA) is 73.6 Å². The number of nitrogens with one attached hydrogen (secondary N) is 1. The van der Waals surface area contributed by atoms with Crippen LogP contribution in [-0.2, 0) is 0 Å². The minimum atomic E-state index is 0.113. The van der Waals surface area contributed by atoms with Crippen molar-refractivity contribution in [3.05, 3.63) is 35.5 Å². The molecule has 0 aliphatic heterocycles. The van der Waals surface area contributed by atoms with Gasteiger partial charge in [0.25, 0.3) is 0 Å². The molecule has 2 aromatic rings. The Balaban J connectivity index is 2.26.